The summed E-state index contributed by atoms with van der Waals surface area (Å²) < 4.78 is 5.44. The first kappa shape index (κ1) is 26.4. The number of hydrogen-bond acceptors (Lipinski definition) is 6. The number of benzene rings is 2. The predicted octanol–water partition coefficient (Wildman–Crippen LogP) is 5.34. The Morgan fingerprint density at radius 2 is 1.78 bits per heavy atom. The fraction of sp³-hybridized carbons (Fsp3) is 0.258. The van der Waals surface area contributed by atoms with E-state index in [-0.39, 0.29) is 18.0 Å². The first-order valence-corrected chi connectivity index (χ1v) is 13.5. The lowest BCUT2D eigenvalue weighted by atomic mass is 9.95. The number of nitrogens with zero attached hydrogens (tertiary/aromatic N) is 7. The van der Waals surface area contributed by atoms with Crippen LogP contribution in [-0.2, 0) is 13.6 Å². The monoisotopic (exact) mass is 549 g/mol. The fourth-order valence-corrected chi connectivity index (χ4v) is 5.56. The zero-order valence-corrected chi connectivity index (χ0v) is 23.6. The van der Waals surface area contributed by atoms with Crippen molar-refractivity contribution in [3.05, 3.63) is 89.0 Å². The Kier molecular flexibility index (Phi) is 6.42. The molecular weight excluding hydrogens is 518 g/mol. The van der Waals surface area contributed by atoms with Crippen molar-refractivity contribution in [2.45, 2.75) is 46.3 Å². The molecule has 0 radical (unpaired) electrons. The van der Waals surface area contributed by atoms with Gasteiger partial charge in [-0.15, -0.1) is 0 Å². The maximum Gasteiger partial charge on any atom is 0.335 e. The van der Waals surface area contributed by atoms with Gasteiger partial charge in [-0.1, -0.05) is 38.1 Å². The van der Waals surface area contributed by atoms with Crippen LogP contribution in [0.25, 0.3) is 38.9 Å². The molecule has 4 heterocycles. The molecule has 10 nitrogen and oxygen atoms in total. The van der Waals surface area contributed by atoms with E-state index in [4.69, 9.17) is 15.2 Å². The van der Waals surface area contributed by atoms with E-state index in [0.29, 0.717) is 11.2 Å². The summed E-state index contributed by atoms with van der Waals surface area (Å²) in [6.45, 7) is 8.57. The Hall–Kier alpha value is -4.83. The highest BCUT2D eigenvalue weighted by Crippen LogP contribution is 2.37. The summed E-state index contributed by atoms with van der Waals surface area (Å²) in [5.74, 6) is -0.821. The SMILES string of the molecule is Cc1nc2nn(C)cc2cc1-n1nc(-c2cccc3nn(C[C@H](O)c4cccc(C(=O)O)c4)cc23)c(C(C)C)c1C. The van der Waals surface area contributed by atoms with E-state index < -0.39 is 12.1 Å². The zero-order chi connectivity index (χ0) is 29.0. The molecule has 0 saturated carbocycles. The second kappa shape index (κ2) is 9.97. The molecule has 10 heteroatoms. The summed E-state index contributed by atoms with van der Waals surface area (Å²) in [7, 11) is 1.89. The number of aryl methyl sites for hydroxylation is 2. The number of rotatable bonds is 7. The van der Waals surface area contributed by atoms with Gasteiger partial charge in [-0.3, -0.25) is 9.36 Å². The summed E-state index contributed by atoms with van der Waals surface area (Å²) in [4.78, 5) is 16.1. The maximum absolute atomic E-state index is 11.4. The largest absolute Gasteiger partial charge is 0.478 e. The Morgan fingerprint density at radius 1 is 1.00 bits per heavy atom. The van der Waals surface area contributed by atoms with Gasteiger partial charge in [0.05, 0.1) is 40.8 Å². The number of aromatic carboxylic acids is 1. The summed E-state index contributed by atoms with van der Waals surface area (Å²) in [6.07, 6.45) is 2.95. The molecule has 0 aliphatic heterocycles. The van der Waals surface area contributed by atoms with Gasteiger partial charge in [-0.25, -0.2) is 14.5 Å². The second-order valence-electron chi connectivity index (χ2n) is 10.8. The highest BCUT2D eigenvalue weighted by atomic mass is 16.4. The summed E-state index contributed by atoms with van der Waals surface area (Å²) in [5.41, 5.74) is 7.91. The van der Waals surface area contributed by atoms with E-state index in [1.807, 2.05) is 43.2 Å². The summed E-state index contributed by atoms with van der Waals surface area (Å²) in [6, 6.07) is 14.4. The van der Waals surface area contributed by atoms with Crippen LogP contribution in [0, 0.1) is 13.8 Å². The molecule has 0 aliphatic rings. The van der Waals surface area contributed by atoms with E-state index in [1.54, 1.807) is 21.5 Å². The van der Waals surface area contributed by atoms with Crippen molar-refractivity contribution in [3.8, 4) is 16.9 Å². The van der Waals surface area contributed by atoms with Gasteiger partial charge < -0.3 is 10.2 Å². The molecule has 4 aromatic heterocycles. The molecule has 1 atom stereocenters. The Bertz CT molecular complexity index is 1950. The third-order valence-electron chi connectivity index (χ3n) is 7.47. The Labute approximate surface area is 236 Å². The number of fused-ring (bicyclic) bond motifs is 2. The van der Waals surface area contributed by atoms with Crippen LogP contribution in [0.1, 0.15) is 58.7 Å². The molecule has 0 bridgehead atoms. The third kappa shape index (κ3) is 4.66. The minimum Gasteiger partial charge on any atom is -0.478 e. The molecule has 0 spiro atoms. The number of carboxylic acid groups (broad SMARTS) is 1. The van der Waals surface area contributed by atoms with E-state index in [9.17, 15) is 15.0 Å². The van der Waals surface area contributed by atoms with Crippen LogP contribution >= 0.6 is 0 Å². The topological polar surface area (TPSA) is 124 Å². The molecule has 0 amide bonds. The number of hydrogen-bond donors (Lipinski definition) is 2. The Morgan fingerprint density at radius 3 is 2.54 bits per heavy atom. The normalized spacial score (nSPS) is 12.6. The lowest BCUT2D eigenvalue weighted by Crippen LogP contribution is -2.10. The van der Waals surface area contributed by atoms with Gasteiger partial charge in [0, 0.05) is 47.0 Å². The van der Waals surface area contributed by atoms with Gasteiger partial charge in [0.1, 0.15) is 0 Å². The maximum atomic E-state index is 11.4. The highest BCUT2D eigenvalue weighted by molar-refractivity contribution is 5.94. The number of carboxylic acids is 1. The number of carbonyl (C=O) groups is 1. The molecule has 41 heavy (non-hydrogen) atoms. The first-order chi connectivity index (χ1) is 19.6. The fourth-order valence-electron chi connectivity index (χ4n) is 5.56. The zero-order valence-electron chi connectivity index (χ0n) is 23.6. The van der Waals surface area contributed by atoms with Gasteiger partial charge in [-0.05, 0) is 49.6 Å². The molecule has 2 N–H and O–H groups in total. The van der Waals surface area contributed by atoms with Crippen LogP contribution in [-0.4, -0.2) is 50.5 Å². The van der Waals surface area contributed by atoms with Gasteiger partial charge in [-0.2, -0.15) is 15.3 Å². The van der Waals surface area contributed by atoms with E-state index in [1.165, 1.54) is 12.1 Å². The molecular formula is C31H31N7O3. The molecule has 0 saturated heterocycles. The number of aliphatic hydroxyl groups excluding tert-OH is 1. The number of pyridine rings is 1. The molecule has 6 rings (SSSR count). The molecule has 0 fully saturated rings. The smallest absolute Gasteiger partial charge is 0.335 e. The van der Waals surface area contributed by atoms with Crippen LogP contribution in [0.4, 0.5) is 0 Å². The molecule has 208 valence electrons. The van der Waals surface area contributed by atoms with Crippen LogP contribution in [0.15, 0.2) is 60.9 Å². The molecule has 0 unspecified atom stereocenters. The van der Waals surface area contributed by atoms with Crippen molar-refractivity contribution < 1.29 is 15.0 Å². The minimum absolute atomic E-state index is 0.134. The Balaban J connectivity index is 1.43. The van der Waals surface area contributed by atoms with E-state index in [2.05, 4.69) is 38.0 Å². The lowest BCUT2D eigenvalue weighted by molar-refractivity contribution is 0.0696. The van der Waals surface area contributed by atoms with Crippen LogP contribution in [0.2, 0.25) is 0 Å². The van der Waals surface area contributed by atoms with E-state index >= 15 is 0 Å². The quantitative estimate of drug-likeness (QED) is 0.275. The summed E-state index contributed by atoms with van der Waals surface area (Å²) >= 11 is 0. The average molecular weight is 550 g/mol. The number of aromatic nitrogens is 7. The highest BCUT2D eigenvalue weighted by Gasteiger charge is 2.23. The standard InChI is InChI=1S/C31H31N7O3/c1-17(2)28-19(4)38(26-13-22-14-36(5)35-30(22)32-18(26)3)34-29(28)23-10-7-11-25-24(23)15-37(33-25)16-27(39)20-8-6-9-21(12-20)31(40)41/h6-15,17,27,39H,16H2,1-5H3,(H,40,41)/t27-/m0/s1. The number of aliphatic hydroxyl groups is 1. The predicted molar refractivity (Wildman–Crippen MR) is 156 cm³/mol. The van der Waals surface area contributed by atoms with Crippen LogP contribution in [0.3, 0.4) is 0 Å². The first-order valence-electron chi connectivity index (χ1n) is 13.5. The average Bonchev–Trinajstić information content (AvgIpc) is 3.61. The molecule has 2 aromatic carbocycles. The third-order valence-corrected chi connectivity index (χ3v) is 7.47. The van der Waals surface area contributed by atoms with Crippen molar-refractivity contribution in [2.75, 3.05) is 0 Å². The minimum atomic E-state index is -1.03. The van der Waals surface area contributed by atoms with Gasteiger partial charge in [0.15, 0.2) is 5.65 Å². The van der Waals surface area contributed by atoms with Crippen LogP contribution < -0.4 is 0 Å². The molecule has 6 aromatic rings. The summed E-state index contributed by atoms with van der Waals surface area (Å²) in [5, 5.41) is 36.4. The van der Waals surface area contributed by atoms with Crippen molar-refractivity contribution in [1.82, 2.24) is 34.3 Å². The van der Waals surface area contributed by atoms with Crippen molar-refractivity contribution >= 4 is 27.9 Å². The van der Waals surface area contributed by atoms with Gasteiger partial charge in [0.25, 0.3) is 0 Å². The molecule has 0 aliphatic carbocycles. The second-order valence-corrected chi connectivity index (χ2v) is 10.8. The van der Waals surface area contributed by atoms with Crippen LogP contribution in [0.5, 0.6) is 0 Å². The van der Waals surface area contributed by atoms with E-state index in [0.717, 1.165) is 50.2 Å². The van der Waals surface area contributed by atoms with Crippen molar-refractivity contribution in [1.29, 1.82) is 0 Å². The lowest BCUT2D eigenvalue weighted by Gasteiger charge is -2.11. The van der Waals surface area contributed by atoms with Gasteiger partial charge >= 0.3 is 5.97 Å². The van der Waals surface area contributed by atoms with Crippen molar-refractivity contribution in [3.63, 3.8) is 0 Å². The van der Waals surface area contributed by atoms with Gasteiger partial charge in [0.2, 0.25) is 0 Å². The van der Waals surface area contributed by atoms with Crippen molar-refractivity contribution in [2.24, 2.45) is 7.05 Å².